The van der Waals surface area contributed by atoms with E-state index >= 15 is 0 Å². The molecule has 1 N–H and O–H groups in total. The lowest BCUT2D eigenvalue weighted by Gasteiger charge is -2.47. The van der Waals surface area contributed by atoms with Crippen molar-refractivity contribution in [1.82, 2.24) is 5.32 Å². The molecule has 0 aromatic heterocycles. The first-order valence-electron chi connectivity index (χ1n) is 14.9. The van der Waals surface area contributed by atoms with Crippen molar-refractivity contribution in [2.24, 2.45) is 5.41 Å². The largest absolute Gasteiger partial charge is 0.489 e. The molecule has 0 bridgehead atoms. The summed E-state index contributed by atoms with van der Waals surface area (Å²) >= 11 is 0. The summed E-state index contributed by atoms with van der Waals surface area (Å²) in [5.41, 5.74) is 4.71. The summed E-state index contributed by atoms with van der Waals surface area (Å²) in [5, 5.41) is 3.83. The third-order valence-electron chi connectivity index (χ3n) is 9.35. The van der Waals surface area contributed by atoms with Gasteiger partial charge in [0.2, 0.25) is 5.91 Å². The minimum atomic E-state index is -0.773. The normalized spacial score (nSPS) is 19.9. The quantitative estimate of drug-likeness (QED) is 0.312. The maximum Gasteiger partial charge on any atom is 0.247 e. The van der Waals surface area contributed by atoms with E-state index in [0.717, 1.165) is 73.0 Å². The molecule has 0 aliphatic carbocycles. The number of hydrogen-bond donors (Lipinski definition) is 1. The Kier molecular flexibility index (Phi) is 6.96. The van der Waals surface area contributed by atoms with Gasteiger partial charge in [0.25, 0.3) is 0 Å². The number of rotatable bonds is 6. The van der Waals surface area contributed by atoms with Gasteiger partial charge in [-0.05, 0) is 47.7 Å². The van der Waals surface area contributed by atoms with Gasteiger partial charge in [-0.15, -0.1) is 0 Å². The highest BCUT2D eigenvalue weighted by atomic mass is 16.5. The Balaban J connectivity index is 1.22. The maximum absolute atomic E-state index is 14.3. The number of fused-ring (bicyclic) bond motifs is 1. The number of ether oxygens (including phenoxy) is 2. The lowest BCUT2D eigenvalue weighted by molar-refractivity contribution is -0.124. The van der Waals surface area contributed by atoms with E-state index in [0.29, 0.717) is 5.41 Å². The van der Waals surface area contributed by atoms with Gasteiger partial charge in [0.05, 0.1) is 24.4 Å². The summed E-state index contributed by atoms with van der Waals surface area (Å²) in [4.78, 5) is 18.4. The topological polar surface area (TPSA) is 54.0 Å². The monoisotopic (exact) mass is 559 g/mol. The van der Waals surface area contributed by atoms with Crippen LogP contribution in [0.4, 0.5) is 11.4 Å². The molecule has 7 rings (SSSR count). The zero-order chi connectivity index (χ0) is 28.6. The van der Waals surface area contributed by atoms with Crippen LogP contribution in [0, 0.1) is 5.41 Å². The summed E-state index contributed by atoms with van der Waals surface area (Å²) in [5.74, 6) is 0.701. The predicted octanol–water partition coefficient (Wildman–Crippen LogP) is 5.61. The van der Waals surface area contributed by atoms with Gasteiger partial charge in [-0.2, -0.15) is 0 Å². The van der Waals surface area contributed by atoms with Gasteiger partial charge in [0, 0.05) is 31.2 Å². The van der Waals surface area contributed by atoms with Gasteiger partial charge in [0.1, 0.15) is 18.4 Å². The summed E-state index contributed by atoms with van der Waals surface area (Å²) in [6.45, 7) is 4.00. The maximum atomic E-state index is 14.3. The van der Waals surface area contributed by atoms with E-state index in [9.17, 15) is 4.79 Å². The molecule has 2 fully saturated rings. The van der Waals surface area contributed by atoms with Crippen molar-refractivity contribution < 1.29 is 14.3 Å². The van der Waals surface area contributed by atoms with Crippen LogP contribution in [-0.4, -0.2) is 51.9 Å². The molecule has 0 radical (unpaired) electrons. The van der Waals surface area contributed by atoms with Crippen LogP contribution in [0.25, 0.3) is 0 Å². The minimum Gasteiger partial charge on any atom is -0.489 e. The van der Waals surface area contributed by atoms with Crippen LogP contribution in [-0.2, 0) is 15.1 Å². The Hall–Kier alpha value is -4.13. The van der Waals surface area contributed by atoms with Gasteiger partial charge in [-0.1, -0.05) is 91.0 Å². The Morgan fingerprint density at radius 1 is 0.786 bits per heavy atom. The number of piperidine rings is 1. The van der Waals surface area contributed by atoms with Crippen LogP contribution >= 0.6 is 0 Å². The number of carbonyl (C=O) groups excluding carboxylic acids is 1. The first-order chi connectivity index (χ1) is 20.6. The second-order valence-electron chi connectivity index (χ2n) is 11.9. The molecule has 0 unspecified atom stereocenters. The number of amides is 1. The van der Waals surface area contributed by atoms with Crippen LogP contribution in [0.3, 0.4) is 0 Å². The van der Waals surface area contributed by atoms with Crippen molar-refractivity contribution in [2.45, 2.75) is 24.4 Å². The Morgan fingerprint density at radius 2 is 1.33 bits per heavy atom. The number of likely N-dealkylation sites (N-methyl/N-ethyl adjacent to an activating group) is 1. The van der Waals surface area contributed by atoms with Crippen molar-refractivity contribution >= 4 is 17.3 Å². The molecule has 2 saturated heterocycles. The number of hydrogen-bond acceptors (Lipinski definition) is 5. The SMILES string of the molecule is CN1C(=O)[C@@H](NC(c2ccccc2)(c2ccccc2)c2ccccc2)COc2ccc(N3CCC4(CC3)COC4)cc21. The number of carbonyl (C=O) groups is 1. The minimum absolute atomic E-state index is 0.0257. The summed E-state index contributed by atoms with van der Waals surface area (Å²) in [7, 11) is 1.86. The molecule has 3 aliphatic heterocycles. The number of nitrogens with one attached hydrogen (secondary N) is 1. The lowest BCUT2D eigenvalue weighted by atomic mass is 9.76. The van der Waals surface area contributed by atoms with Gasteiger partial charge in [-0.3, -0.25) is 10.1 Å². The molecule has 1 spiro atoms. The Bertz CT molecular complexity index is 1430. The van der Waals surface area contributed by atoms with Crippen LogP contribution in [0.1, 0.15) is 29.5 Å². The van der Waals surface area contributed by atoms with E-state index in [2.05, 4.69) is 58.7 Å². The van der Waals surface area contributed by atoms with Crippen LogP contribution in [0.2, 0.25) is 0 Å². The van der Waals surface area contributed by atoms with E-state index in [4.69, 9.17) is 9.47 Å². The molecule has 3 aliphatic rings. The smallest absolute Gasteiger partial charge is 0.247 e. The van der Waals surface area contributed by atoms with Crippen LogP contribution < -0.4 is 19.9 Å². The fourth-order valence-corrected chi connectivity index (χ4v) is 6.78. The predicted molar refractivity (Wildman–Crippen MR) is 166 cm³/mol. The van der Waals surface area contributed by atoms with E-state index in [1.807, 2.05) is 67.7 Å². The summed E-state index contributed by atoms with van der Waals surface area (Å²) < 4.78 is 11.9. The van der Waals surface area contributed by atoms with E-state index in [-0.39, 0.29) is 12.5 Å². The fraction of sp³-hybridized carbons (Fsp3) is 0.306. The second kappa shape index (κ2) is 10.9. The Labute approximate surface area is 247 Å². The van der Waals surface area contributed by atoms with Crippen molar-refractivity contribution in [3.8, 4) is 5.75 Å². The average Bonchev–Trinajstić information content (AvgIpc) is 3.15. The van der Waals surface area contributed by atoms with Crippen LogP contribution in [0.15, 0.2) is 109 Å². The van der Waals surface area contributed by atoms with Gasteiger partial charge in [-0.25, -0.2) is 0 Å². The molecular weight excluding hydrogens is 522 g/mol. The van der Waals surface area contributed by atoms with E-state index in [1.165, 1.54) is 0 Å². The summed E-state index contributed by atoms with van der Waals surface area (Å²) in [6, 6.07) is 36.8. The molecular formula is C36H37N3O3. The summed E-state index contributed by atoms with van der Waals surface area (Å²) in [6.07, 6.45) is 2.28. The highest BCUT2D eigenvalue weighted by molar-refractivity contribution is 5.99. The van der Waals surface area contributed by atoms with Gasteiger partial charge in [0.15, 0.2) is 0 Å². The molecule has 0 saturated carbocycles. The van der Waals surface area contributed by atoms with Gasteiger partial charge >= 0.3 is 0 Å². The first-order valence-corrected chi connectivity index (χ1v) is 14.9. The first kappa shape index (κ1) is 26.7. The zero-order valence-corrected chi connectivity index (χ0v) is 24.0. The third-order valence-corrected chi connectivity index (χ3v) is 9.35. The molecule has 42 heavy (non-hydrogen) atoms. The van der Waals surface area contributed by atoms with Gasteiger partial charge < -0.3 is 19.3 Å². The molecule has 1 amide bonds. The fourth-order valence-electron chi connectivity index (χ4n) is 6.78. The van der Waals surface area contributed by atoms with Crippen molar-refractivity contribution in [3.05, 3.63) is 126 Å². The lowest BCUT2D eigenvalue weighted by Crippen LogP contribution is -2.56. The average molecular weight is 560 g/mol. The highest BCUT2D eigenvalue weighted by Gasteiger charge is 2.43. The number of benzene rings is 4. The van der Waals surface area contributed by atoms with Crippen LogP contribution in [0.5, 0.6) is 5.75 Å². The standard InChI is InChI=1S/C36H37N3O3/c1-38-32-23-30(39-21-19-35(20-22-39)25-41-26-35)17-18-33(32)42-24-31(34(38)40)37-36(27-11-5-2-6-12-27,28-13-7-3-8-14-28)29-15-9-4-10-16-29/h2-18,23,31,37H,19-22,24-26H2,1H3/t31-/m0/s1. The molecule has 1 atom stereocenters. The van der Waals surface area contributed by atoms with Crippen molar-refractivity contribution in [2.75, 3.05) is 49.8 Å². The zero-order valence-electron chi connectivity index (χ0n) is 24.0. The molecule has 4 aromatic carbocycles. The Morgan fingerprint density at radius 3 is 1.83 bits per heavy atom. The highest BCUT2D eigenvalue weighted by Crippen LogP contribution is 2.42. The second-order valence-corrected chi connectivity index (χ2v) is 11.9. The van der Waals surface area contributed by atoms with Crippen molar-refractivity contribution in [3.63, 3.8) is 0 Å². The molecule has 6 heteroatoms. The third kappa shape index (κ3) is 4.65. The molecule has 3 heterocycles. The van der Waals surface area contributed by atoms with E-state index < -0.39 is 11.6 Å². The van der Waals surface area contributed by atoms with E-state index in [1.54, 1.807) is 4.90 Å². The molecule has 214 valence electrons. The molecule has 4 aromatic rings. The molecule has 6 nitrogen and oxygen atoms in total. The van der Waals surface area contributed by atoms with Crippen molar-refractivity contribution in [1.29, 1.82) is 0 Å². The number of anilines is 2. The number of nitrogens with zero attached hydrogens (tertiary/aromatic N) is 2.